The monoisotopic (exact) mass is 356 g/mol. The molecule has 6 atom stereocenters. The number of ketones is 1. The van der Waals surface area contributed by atoms with E-state index in [1.807, 2.05) is 0 Å². The summed E-state index contributed by atoms with van der Waals surface area (Å²) in [5.74, 6) is -0.896. The lowest BCUT2D eigenvalue weighted by molar-refractivity contribution is -0.313. The molecule has 2 aliphatic rings. The maximum Gasteiger partial charge on any atom is 0.187 e. The van der Waals surface area contributed by atoms with Crippen molar-refractivity contribution in [3.8, 4) is 11.5 Å². The predicted octanol–water partition coefficient (Wildman–Crippen LogP) is -1.07. The molecule has 0 amide bonds. The molecule has 1 aliphatic heterocycles. The van der Waals surface area contributed by atoms with Gasteiger partial charge in [-0.2, -0.15) is 0 Å². The highest BCUT2D eigenvalue weighted by atomic mass is 16.7. The average Bonchev–Trinajstić information content (AvgIpc) is 2.60. The molecule has 0 radical (unpaired) electrons. The number of Topliss-reactive ketones (excluding diaryl/α,β-unsaturated/α-hetero) is 1. The number of fused-ring (bicyclic) bond motifs is 1. The number of hydrogen-bond acceptors (Lipinski definition) is 9. The number of aromatic hydroxyl groups is 2. The Morgan fingerprint density at radius 2 is 1.76 bits per heavy atom. The minimum Gasteiger partial charge on any atom is -0.508 e. The first-order valence-electron chi connectivity index (χ1n) is 7.89. The summed E-state index contributed by atoms with van der Waals surface area (Å²) in [6.07, 6.45) is -7.92. The van der Waals surface area contributed by atoms with Gasteiger partial charge < -0.3 is 40.1 Å². The van der Waals surface area contributed by atoms with Gasteiger partial charge in [-0.1, -0.05) is 0 Å². The number of phenols is 2. The van der Waals surface area contributed by atoms with Crippen LogP contribution in [0, 0.1) is 0 Å². The van der Waals surface area contributed by atoms with E-state index in [1.54, 1.807) is 0 Å². The number of phenolic OH excluding ortho intramolecular Hbond substituents is 2. The number of carbonyl (C=O) groups excluding carboxylic acids is 1. The largest absolute Gasteiger partial charge is 0.508 e. The molecule has 9 heteroatoms. The second-order valence-corrected chi connectivity index (χ2v) is 6.18. The molecule has 1 saturated heterocycles. The third-order valence-electron chi connectivity index (χ3n) is 4.58. The third kappa shape index (κ3) is 3.10. The van der Waals surface area contributed by atoms with Crippen LogP contribution in [0.4, 0.5) is 0 Å². The van der Waals surface area contributed by atoms with Crippen molar-refractivity contribution in [3.63, 3.8) is 0 Å². The normalized spacial score (nSPS) is 35.4. The van der Waals surface area contributed by atoms with Gasteiger partial charge in [0.15, 0.2) is 12.1 Å². The molecule has 25 heavy (non-hydrogen) atoms. The standard InChI is InChI=1S/C16H20O9/c17-5-10-13(21)14(22)15(23)16(25-10)24-9-4-3-7(19)11-6(18)1-2-8(20)12(9)11/h1-2,9-10,13-18,20-23H,3-5H2. The zero-order valence-corrected chi connectivity index (χ0v) is 13.1. The van der Waals surface area contributed by atoms with Gasteiger partial charge in [-0.15, -0.1) is 0 Å². The quantitative estimate of drug-likeness (QED) is 0.371. The molecular formula is C16H20O9. The van der Waals surface area contributed by atoms with E-state index >= 15 is 0 Å². The van der Waals surface area contributed by atoms with Gasteiger partial charge in [0.05, 0.1) is 18.3 Å². The fraction of sp³-hybridized carbons (Fsp3) is 0.562. The van der Waals surface area contributed by atoms with E-state index < -0.39 is 43.4 Å². The van der Waals surface area contributed by atoms with Crippen LogP contribution in [0.1, 0.15) is 34.9 Å². The van der Waals surface area contributed by atoms with Crippen molar-refractivity contribution in [1.29, 1.82) is 0 Å². The molecule has 0 spiro atoms. The molecule has 0 aromatic heterocycles. The van der Waals surface area contributed by atoms with E-state index in [4.69, 9.17) is 9.47 Å². The number of aliphatic hydroxyl groups excluding tert-OH is 4. The molecule has 6 unspecified atom stereocenters. The van der Waals surface area contributed by atoms with Gasteiger partial charge in [-0.05, 0) is 18.6 Å². The Morgan fingerprint density at radius 1 is 1.08 bits per heavy atom. The van der Waals surface area contributed by atoms with Crippen LogP contribution in [0.3, 0.4) is 0 Å². The maximum absolute atomic E-state index is 12.0. The van der Waals surface area contributed by atoms with Crippen LogP contribution in [0.2, 0.25) is 0 Å². The van der Waals surface area contributed by atoms with Crippen molar-refractivity contribution < 1.29 is 44.9 Å². The van der Waals surface area contributed by atoms with Crippen LogP contribution >= 0.6 is 0 Å². The Kier molecular flexibility index (Phi) is 4.96. The second kappa shape index (κ2) is 6.87. The Morgan fingerprint density at radius 3 is 2.44 bits per heavy atom. The summed E-state index contributed by atoms with van der Waals surface area (Å²) < 4.78 is 10.9. The second-order valence-electron chi connectivity index (χ2n) is 6.18. The van der Waals surface area contributed by atoms with E-state index in [0.29, 0.717) is 0 Å². The summed E-state index contributed by atoms with van der Waals surface area (Å²) in [4.78, 5) is 12.0. The fourth-order valence-corrected chi connectivity index (χ4v) is 3.23. The molecule has 6 N–H and O–H groups in total. The Labute approximate surface area is 142 Å². The summed E-state index contributed by atoms with van der Waals surface area (Å²) in [5, 5.41) is 58.9. The molecule has 1 aromatic carbocycles. The lowest BCUT2D eigenvalue weighted by Crippen LogP contribution is -2.59. The molecule has 0 bridgehead atoms. The number of hydrogen-bond donors (Lipinski definition) is 6. The van der Waals surface area contributed by atoms with E-state index in [2.05, 4.69) is 0 Å². The zero-order chi connectivity index (χ0) is 18.3. The van der Waals surface area contributed by atoms with Crippen molar-refractivity contribution in [2.75, 3.05) is 6.61 Å². The van der Waals surface area contributed by atoms with Gasteiger partial charge in [0, 0.05) is 12.0 Å². The van der Waals surface area contributed by atoms with Crippen LogP contribution in [-0.2, 0) is 9.47 Å². The van der Waals surface area contributed by atoms with E-state index in [-0.39, 0.29) is 41.3 Å². The van der Waals surface area contributed by atoms with Crippen LogP contribution < -0.4 is 0 Å². The first-order chi connectivity index (χ1) is 11.8. The molecule has 9 nitrogen and oxygen atoms in total. The van der Waals surface area contributed by atoms with E-state index in [0.717, 1.165) is 0 Å². The number of benzene rings is 1. The summed E-state index contributed by atoms with van der Waals surface area (Å²) in [5.41, 5.74) is 0.0223. The number of aliphatic hydroxyl groups is 4. The molecule has 1 aromatic rings. The van der Waals surface area contributed by atoms with Gasteiger partial charge in [-0.3, -0.25) is 4.79 Å². The zero-order valence-electron chi connectivity index (χ0n) is 13.1. The maximum atomic E-state index is 12.0. The summed E-state index contributed by atoms with van der Waals surface area (Å²) >= 11 is 0. The van der Waals surface area contributed by atoms with Crippen LogP contribution in [0.15, 0.2) is 12.1 Å². The van der Waals surface area contributed by atoms with E-state index in [1.165, 1.54) is 12.1 Å². The van der Waals surface area contributed by atoms with Crippen molar-refractivity contribution in [3.05, 3.63) is 23.3 Å². The number of ether oxygens (including phenoxy) is 2. The topological polar surface area (TPSA) is 157 Å². The van der Waals surface area contributed by atoms with Crippen molar-refractivity contribution in [2.45, 2.75) is 49.7 Å². The van der Waals surface area contributed by atoms with Gasteiger partial charge in [0.2, 0.25) is 0 Å². The minimum absolute atomic E-state index is 0.0477. The Balaban J connectivity index is 1.88. The van der Waals surface area contributed by atoms with Gasteiger partial charge >= 0.3 is 0 Å². The molecule has 1 aliphatic carbocycles. The highest BCUT2D eigenvalue weighted by Crippen LogP contribution is 2.43. The van der Waals surface area contributed by atoms with Crippen LogP contribution in [-0.4, -0.2) is 73.7 Å². The molecule has 138 valence electrons. The number of carbonyl (C=O) groups is 1. The van der Waals surface area contributed by atoms with Crippen molar-refractivity contribution >= 4 is 5.78 Å². The smallest absolute Gasteiger partial charge is 0.187 e. The van der Waals surface area contributed by atoms with Crippen LogP contribution in [0.25, 0.3) is 0 Å². The first kappa shape index (κ1) is 18.1. The highest BCUT2D eigenvalue weighted by molar-refractivity contribution is 6.01. The average molecular weight is 356 g/mol. The Bertz CT molecular complexity index is 659. The van der Waals surface area contributed by atoms with Gasteiger partial charge in [0.1, 0.15) is 35.9 Å². The predicted molar refractivity (Wildman–Crippen MR) is 80.9 cm³/mol. The lowest BCUT2D eigenvalue weighted by atomic mass is 9.87. The molecular weight excluding hydrogens is 336 g/mol. The minimum atomic E-state index is -1.60. The fourth-order valence-electron chi connectivity index (χ4n) is 3.23. The van der Waals surface area contributed by atoms with Gasteiger partial charge in [0.25, 0.3) is 0 Å². The first-order valence-corrected chi connectivity index (χ1v) is 7.89. The van der Waals surface area contributed by atoms with Crippen molar-refractivity contribution in [2.24, 2.45) is 0 Å². The summed E-state index contributed by atoms with van der Waals surface area (Å²) in [6.45, 7) is -0.601. The molecule has 3 rings (SSSR count). The SMILES string of the molecule is O=C1CCC(OC2OC(CO)C(O)C(O)C2O)c2c(O)ccc(O)c21. The lowest BCUT2D eigenvalue weighted by Gasteiger charge is -2.41. The van der Waals surface area contributed by atoms with E-state index in [9.17, 15) is 35.4 Å². The van der Waals surface area contributed by atoms with Crippen LogP contribution in [0.5, 0.6) is 11.5 Å². The van der Waals surface area contributed by atoms with Crippen molar-refractivity contribution in [1.82, 2.24) is 0 Å². The molecule has 1 fully saturated rings. The summed E-state index contributed by atoms with van der Waals surface area (Å²) in [7, 11) is 0. The number of rotatable bonds is 3. The molecule has 1 heterocycles. The van der Waals surface area contributed by atoms with Gasteiger partial charge in [-0.25, -0.2) is 0 Å². The molecule has 0 saturated carbocycles. The third-order valence-corrected chi connectivity index (χ3v) is 4.58. The Hall–Kier alpha value is -1.75. The summed E-state index contributed by atoms with van der Waals surface area (Å²) in [6, 6.07) is 2.42. The highest BCUT2D eigenvalue weighted by Gasteiger charge is 2.45.